The largest absolute Gasteiger partial charge is 0.481 e. The van der Waals surface area contributed by atoms with E-state index in [9.17, 15) is 34.5 Å². The molecule has 0 saturated carbocycles. The van der Waals surface area contributed by atoms with Crippen LogP contribution in [0.25, 0.3) is 0 Å². The summed E-state index contributed by atoms with van der Waals surface area (Å²) in [6, 6.07) is 25.9. The lowest BCUT2D eigenvalue weighted by molar-refractivity contribution is -0.218. The number of carboxylic acids is 3. The number of carboxylic acid groups (broad SMARTS) is 3. The highest BCUT2D eigenvalue weighted by Gasteiger charge is 2.58. The lowest BCUT2D eigenvalue weighted by Crippen LogP contribution is -2.51. The van der Waals surface area contributed by atoms with Gasteiger partial charge in [0.2, 0.25) is 0 Å². The van der Waals surface area contributed by atoms with Crippen molar-refractivity contribution in [2.45, 2.75) is 50.0 Å². The number of hydrogen-bond acceptors (Lipinski definition) is 7. The van der Waals surface area contributed by atoms with E-state index in [4.69, 9.17) is 14.2 Å². The molecule has 4 rings (SSSR count). The molecule has 1 aliphatic rings. The highest BCUT2D eigenvalue weighted by Crippen LogP contribution is 2.33. The fourth-order valence-corrected chi connectivity index (χ4v) is 5.09. The molecule has 3 aromatic rings. The van der Waals surface area contributed by atoms with Gasteiger partial charge in [-0.05, 0) is 55.2 Å². The molecule has 0 aliphatic carbocycles. The number of amides is 1. The van der Waals surface area contributed by atoms with Gasteiger partial charge in [0.25, 0.3) is 5.91 Å². The summed E-state index contributed by atoms with van der Waals surface area (Å²) in [5, 5.41) is 28.3. The molecule has 226 valence electrons. The zero-order valence-corrected chi connectivity index (χ0v) is 23.5. The second-order valence-corrected chi connectivity index (χ2v) is 10.2. The number of ether oxygens (including phenoxy) is 3. The molecule has 11 nitrogen and oxygen atoms in total. The van der Waals surface area contributed by atoms with E-state index in [0.29, 0.717) is 24.3 Å². The Balaban J connectivity index is 1.62. The van der Waals surface area contributed by atoms with Gasteiger partial charge in [-0.15, -0.1) is 0 Å². The Bertz CT molecular complexity index is 1400. The average Bonchev–Trinajstić information content (AvgIpc) is 3.47. The van der Waals surface area contributed by atoms with Gasteiger partial charge in [-0.25, -0.2) is 9.59 Å². The number of para-hydroxylation sites is 1. The van der Waals surface area contributed by atoms with Crippen LogP contribution in [0, 0.1) is 0 Å². The SMILES string of the molecule is CC(C(CCc1ccccc1)c1ccc(Oc2ccccc2)cc1)N(CCC(=O)O)C(=O)C1COC(C(=O)O)(C(=O)O)O1. The molecule has 0 radical (unpaired) electrons. The van der Waals surface area contributed by atoms with E-state index < -0.39 is 48.4 Å². The standard InChI is InChI=1S/C32H33NO10/c1-21(33(19-18-28(34)35)29(36)27-20-41-32(43-27,30(37)38)31(39)40)26(17-12-22-8-4-2-5-9-22)23-13-15-25(16-14-23)42-24-10-6-3-7-11-24/h2-11,13-16,21,26-27H,12,17-20H2,1H3,(H,34,35)(H,37,38)(H,39,40). The summed E-state index contributed by atoms with van der Waals surface area (Å²) >= 11 is 0. The molecular weight excluding hydrogens is 558 g/mol. The van der Waals surface area contributed by atoms with Gasteiger partial charge in [0, 0.05) is 18.5 Å². The predicted octanol–water partition coefficient (Wildman–Crippen LogP) is 4.17. The van der Waals surface area contributed by atoms with E-state index >= 15 is 0 Å². The summed E-state index contributed by atoms with van der Waals surface area (Å²) in [6.45, 7) is 0.953. The van der Waals surface area contributed by atoms with Crippen molar-refractivity contribution >= 4 is 23.8 Å². The maximum absolute atomic E-state index is 13.7. The Morgan fingerprint density at radius 2 is 1.47 bits per heavy atom. The predicted molar refractivity (Wildman–Crippen MR) is 153 cm³/mol. The Kier molecular flexibility index (Phi) is 10.1. The van der Waals surface area contributed by atoms with Gasteiger partial charge in [-0.1, -0.05) is 60.7 Å². The van der Waals surface area contributed by atoms with Crippen LogP contribution in [0.2, 0.25) is 0 Å². The smallest absolute Gasteiger partial charge is 0.377 e. The molecule has 0 spiro atoms. The molecule has 1 fully saturated rings. The summed E-state index contributed by atoms with van der Waals surface area (Å²) in [6.07, 6.45) is -0.706. The third-order valence-electron chi connectivity index (χ3n) is 7.38. The van der Waals surface area contributed by atoms with Gasteiger partial charge in [0.05, 0.1) is 13.0 Å². The van der Waals surface area contributed by atoms with E-state index in [0.717, 1.165) is 11.1 Å². The fraction of sp³-hybridized carbons (Fsp3) is 0.312. The van der Waals surface area contributed by atoms with Crippen molar-refractivity contribution in [3.63, 3.8) is 0 Å². The molecule has 3 aromatic carbocycles. The van der Waals surface area contributed by atoms with Crippen LogP contribution in [0.1, 0.15) is 36.8 Å². The number of carbonyl (C=O) groups is 4. The van der Waals surface area contributed by atoms with Gasteiger partial charge in [-0.3, -0.25) is 9.59 Å². The summed E-state index contributed by atoms with van der Waals surface area (Å²) in [4.78, 5) is 49.9. The van der Waals surface area contributed by atoms with Crippen LogP contribution in [-0.2, 0) is 35.1 Å². The summed E-state index contributed by atoms with van der Waals surface area (Å²) < 4.78 is 16.1. The first-order chi connectivity index (χ1) is 20.6. The molecule has 3 unspecified atom stereocenters. The number of hydrogen-bond donors (Lipinski definition) is 3. The second-order valence-electron chi connectivity index (χ2n) is 10.2. The van der Waals surface area contributed by atoms with Crippen molar-refractivity contribution in [1.82, 2.24) is 4.90 Å². The zero-order chi connectivity index (χ0) is 31.0. The van der Waals surface area contributed by atoms with Crippen LogP contribution in [0.15, 0.2) is 84.9 Å². The van der Waals surface area contributed by atoms with E-state index in [-0.39, 0.29) is 18.9 Å². The van der Waals surface area contributed by atoms with Crippen LogP contribution in [0.4, 0.5) is 0 Å². The minimum atomic E-state index is -3.02. The van der Waals surface area contributed by atoms with Crippen LogP contribution < -0.4 is 4.74 Å². The normalized spacial score (nSPS) is 17.0. The van der Waals surface area contributed by atoms with Gasteiger partial charge in [-0.2, -0.15) is 0 Å². The van der Waals surface area contributed by atoms with E-state index in [1.54, 1.807) is 6.92 Å². The van der Waals surface area contributed by atoms with Crippen LogP contribution in [-0.4, -0.2) is 75.1 Å². The molecule has 1 aliphatic heterocycles. The number of benzene rings is 3. The van der Waals surface area contributed by atoms with Crippen molar-refractivity contribution in [2.75, 3.05) is 13.2 Å². The number of aliphatic carboxylic acids is 3. The Hall–Kier alpha value is -4.74. The number of aryl methyl sites for hydroxylation is 1. The van der Waals surface area contributed by atoms with Gasteiger partial charge >= 0.3 is 23.7 Å². The van der Waals surface area contributed by atoms with Gasteiger partial charge in [0.1, 0.15) is 11.5 Å². The number of rotatable bonds is 14. The molecule has 11 heteroatoms. The molecule has 43 heavy (non-hydrogen) atoms. The molecule has 3 N–H and O–H groups in total. The van der Waals surface area contributed by atoms with Gasteiger partial charge < -0.3 is 34.4 Å². The topological polar surface area (TPSA) is 160 Å². The number of nitrogens with zero attached hydrogens (tertiary/aromatic N) is 1. The van der Waals surface area contributed by atoms with Crippen LogP contribution in [0.5, 0.6) is 11.5 Å². The summed E-state index contributed by atoms with van der Waals surface area (Å²) in [7, 11) is 0. The molecule has 0 aromatic heterocycles. The quantitative estimate of drug-likeness (QED) is 0.232. The molecule has 1 heterocycles. The van der Waals surface area contributed by atoms with Gasteiger partial charge in [0.15, 0.2) is 6.10 Å². The third kappa shape index (κ3) is 7.56. The second kappa shape index (κ2) is 14.0. The Labute approximate surface area is 248 Å². The highest BCUT2D eigenvalue weighted by molar-refractivity contribution is 6.01. The maximum Gasteiger partial charge on any atom is 0.377 e. The average molecular weight is 592 g/mol. The van der Waals surface area contributed by atoms with Crippen molar-refractivity contribution < 1.29 is 48.7 Å². The maximum atomic E-state index is 13.7. The minimum absolute atomic E-state index is 0.209. The number of carbonyl (C=O) groups excluding carboxylic acids is 1. The summed E-state index contributed by atoms with van der Waals surface area (Å²) in [5.74, 6) is -7.74. The van der Waals surface area contributed by atoms with Crippen molar-refractivity contribution in [1.29, 1.82) is 0 Å². The molecule has 0 bridgehead atoms. The lowest BCUT2D eigenvalue weighted by atomic mass is 9.85. The monoisotopic (exact) mass is 591 g/mol. The summed E-state index contributed by atoms with van der Waals surface area (Å²) in [5.41, 5.74) is 1.94. The third-order valence-corrected chi connectivity index (χ3v) is 7.38. The van der Waals surface area contributed by atoms with Crippen LogP contribution >= 0.6 is 0 Å². The van der Waals surface area contributed by atoms with Crippen molar-refractivity contribution in [3.8, 4) is 11.5 Å². The molecule has 1 amide bonds. The minimum Gasteiger partial charge on any atom is -0.481 e. The molecule has 1 saturated heterocycles. The highest BCUT2D eigenvalue weighted by atomic mass is 16.8. The first-order valence-corrected chi connectivity index (χ1v) is 13.8. The first kappa shape index (κ1) is 31.2. The zero-order valence-electron chi connectivity index (χ0n) is 23.5. The van der Waals surface area contributed by atoms with E-state index in [1.165, 1.54) is 4.90 Å². The Morgan fingerprint density at radius 1 is 0.884 bits per heavy atom. The van der Waals surface area contributed by atoms with Crippen molar-refractivity contribution in [3.05, 3.63) is 96.1 Å². The first-order valence-electron chi connectivity index (χ1n) is 13.8. The van der Waals surface area contributed by atoms with Crippen LogP contribution in [0.3, 0.4) is 0 Å². The molecule has 3 atom stereocenters. The van der Waals surface area contributed by atoms with E-state index in [2.05, 4.69) is 0 Å². The Morgan fingerprint density at radius 3 is 2.02 bits per heavy atom. The van der Waals surface area contributed by atoms with Crippen molar-refractivity contribution in [2.24, 2.45) is 0 Å². The fourth-order valence-electron chi connectivity index (χ4n) is 5.09. The van der Waals surface area contributed by atoms with E-state index in [1.807, 2.05) is 84.9 Å². The lowest BCUT2D eigenvalue weighted by Gasteiger charge is -2.36. The molecular formula is C32H33NO10.